The maximum absolute atomic E-state index is 14.6. The molecule has 0 unspecified atom stereocenters. The van der Waals surface area contributed by atoms with E-state index in [1.54, 1.807) is 31.3 Å². The highest BCUT2D eigenvalue weighted by molar-refractivity contribution is 8.00. The third-order valence-corrected chi connectivity index (χ3v) is 7.82. The number of hydrogen-bond acceptors (Lipinski definition) is 9. The molecular formula is C25H27FN6O4S. The van der Waals surface area contributed by atoms with Crippen LogP contribution in [-0.2, 0) is 11.2 Å². The van der Waals surface area contributed by atoms with Crippen molar-refractivity contribution in [2.45, 2.75) is 29.9 Å². The van der Waals surface area contributed by atoms with Gasteiger partial charge in [-0.25, -0.2) is 14.4 Å². The van der Waals surface area contributed by atoms with Crippen molar-refractivity contribution in [1.82, 2.24) is 24.8 Å². The summed E-state index contributed by atoms with van der Waals surface area (Å²) in [6.07, 6.45) is 1.35. The van der Waals surface area contributed by atoms with Gasteiger partial charge in [0.25, 0.3) is 5.91 Å². The Bertz CT molecular complexity index is 1360. The van der Waals surface area contributed by atoms with E-state index in [1.807, 2.05) is 0 Å². The summed E-state index contributed by atoms with van der Waals surface area (Å²) < 4.78 is 19.8. The number of ether oxygens (including phenoxy) is 1. The molecule has 194 valence electrons. The summed E-state index contributed by atoms with van der Waals surface area (Å²) in [5.74, 6) is 0.192. The Kier molecular flexibility index (Phi) is 7.22. The van der Waals surface area contributed by atoms with Crippen LogP contribution in [0, 0.1) is 5.82 Å². The number of anilines is 1. The molecule has 10 nitrogen and oxygen atoms in total. The van der Waals surface area contributed by atoms with Crippen molar-refractivity contribution >= 4 is 40.4 Å². The summed E-state index contributed by atoms with van der Waals surface area (Å²) in [5.41, 5.74) is 1.72. The van der Waals surface area contributed by atoms with Gasteiger partial charge in [-0.15, -0.1) is 11.8 Å². The third-order valence-electron chi connectivity index (χ3n) is 6.77. The van der Waals surface area contributed by atoms with Gasteiger partial charge < -0.3 is 25.0 Å². The van der Waals surface area contributed by atoms with Crippen molar-refractivity contribution in [2.75, 3.05) is 44.9 Å². The zero-order chi connectivity index (χ0) is 26.1. The molecule has 0 spiro atoms. The Labute approximate surface area is 217 Å². The molecule has 0 aromatic carbocycles. The number of likely N-dealkylation sites (N-methyl/N-ethyl adjacent to an activating group) is 1. The van der Waals surface area contributed by atoms with Gasteiger partial charge in [0.1, 0.15) is 17.3 Å². The van der Waals surface area contributed by atoms with Crippen molar-refractivity contribution in [1.29, 1.82) is 0 Å². The van der Waals surface area contributed by atoms with Gasteiger partial charge in [-0.3, -0.25) is 14.6 Å². The predicted molar refractivity (Wildman–Crippen MR) is 136 cm³/mol. The summed E-state index contributed by atoms with van der Waals surface area (Å²) in [5, 5.41) is 13.6. The third kappa shape index (κ3) is 5.22. The number of nitrogens with zero attached hydrogens (tertiary/aromatic N) is 5. The van der Waals surface area contributed by atoms with E-state index in [4.69, 9.17) is 4.74 Å². The largest absolute Gasteiger partial charge is 0.481 e. The van der Waals surface area contributed by atoms with Gasteiger partial charge in [-0.05, 0) is 31.0 Å². The monoisotopic (exact) mass is 526 g/mol. The average Bonchev–Trinajstić information content (AvgIpc) is 2.91. The van der Waals surface area contributed by atoms with Crippen LogP contribution in [0.2, 0.25) is 0 Å². The number of aliphatic hydroxyl groups excluding tert-OH is 1. The lowest BCUT2D eigenvalue weighted by Gasteiger charge is -2.40. The number of amides is 2. The maximum Gasteiger partial charge on any atom is 0.272 e. The quantitative estimate of drug-likeness (QED) is 0.497. The minimum absolute atomic E-state index is 0.152. The van der Waals surface area contributed by atoms with E-state index in [9.17, 15) is 19.1 Å². The first kappa shape index (κ1) is 25.3. The summed E-state index contributed by atoms with van der Waals surface area (Å²) >= 11 is 1.38. The second-order valence-corrected chi connectivity index (χ2v) is 10.1. The van der Waals surface area contributed by atoms with Crippen molar-refractivity contribution in [2.24, 2.45) is 0 Å². The first-order valence-electron chi connectivity index (χ1n) is 11.9. The first-order valence-corrected chi connectivity index (χ1v) is 12.9. The lowest BCUT2D eigenvalue weighted by molar-refractivity contribution is -0.113. The van der Waals surface area contributed by atoms with E-state index in [2.05, 4.69) is 25.2 Å². The first-order chi connectivity index (χ1) is 17.8. The molecule has 5 heterocycles. The molecule has 1 fully saturated rings. The van der Waals surface area contributed by atoms with Crippen LogP contribution in [0.1, 0.15) is 22.5 Å². The van der Waals surface area contributed by atoms with Crippen LogP contribution in [0.25, 0.3) is 11.0 Å². The number of β-amino-alcohol motifs (C(OH)–C–C–N with tert-alkyl or cyclic N) is 1. The number of aliphatic hydroxyl groups is 1. The van der Waals surface area contributed by atoms with Crippen LogP contribution in [0.4, 0.5) is 10.2 Å². The Morgan fingerprint density at radius 3 is 2.95 bits per heavy atom. The molecule has 0 bridgehead atoms. The number of thioether (sulfide) groups is 1. The van der Waals surface area contributed by atoms with E-state index in [0.717, 1.165) is 4.90 Å². The van der Waals surface area contributed by atoms with E-state index >= 15 is 0 Å². The molecule has 2 N–H and O–H groups in total. The predicted octanol–water partition coefficient (Wildman–Crippen LogP) is 1.97. The topological polar surface area (TPSA) is 121 Å². The van der Waals surface area contributed by atoms with Crippen LogP contribution >= 0.6 is 11.8 Å². The van der Waals surface area contributed by atoms with Crippen LogP contribution in [0.15, 0.2) is 35.4 Å². The molecule has 2 atom stereocenters. The van der Waals surface area contributed by atoms with E-state index in [-0.39, 0.29) is 17.5 Å². The fourth-order valence-corrected chi connectivity index (χ4v) is 5.51. The Morgan fingerprint density at radius 2 is 2.16 bits per heavy atom. The van der Waals surface area contributed by atoms with Gasteiger partial charge in [0.15, 0.2) is 0 Å². The maximum atomic E-state index is 14.6. The molecule has 0 saturated carbocycles. The van der Waals surface area contributed by atoms with Gasteiger partial charge in [-0.1, -0.05) is 0 Å². The van der Waals surface area contributed by atoms with Crippen molar-refractivity contribution in [3.63, 3.8) is 0 Å². The molecule has 2 amide bonds. The van der Waals surface area contributed by atoms with Crippen LogP contribution in [0.5, 0.6) is 5.88 Å². The number of aromatic nitrogens is 3. The highest BCUT2D eigenvalue weighted by Crippen LogP contribution is 2.30. The second kappa shape index (κ2) is 10.6. The number of carbonyl (C=O) groups is 2. The highest BCUT2D eigenvalue weighted by Gasteiger charge is 2.34. The van der Waals surface area contributed by atoms with Crippen molar-refractivity contribution in [3.05, 3.63) is 47.5 Å². The number of pyridine rings is 3. The summed E-state index contributed by atoms with van der Waals surface area (Å²) in [6, 6.07) is 6.45. The number of likely N-dealkylation sites (tertiary alicyclic amines) is 1. The molecule has 5 rings (SSSR count). The molecule has 0 radical (unpaired) electrons. The van der Waals surface area contributed by atoms with E-state index in [1.165, 1.54) is 30.0 Å². The normalized spacial score (nSPS) is 19.8. The smallest absolute Gasteiger partial charge is 0.272 e. The average molecular weight is 527 g/mol. The van der Waals surface area contributed by atoms with Gasteiger partial charge in [0, 0.05) is 38.3 Å². The standard InChI is InChI=1S/C25H27FN6O4S/c1-31(25(35)17-3-5-20-24(28-17)29-21(34)13-37-20)18-8-10-32(12-19(18)33)9-7-14-15(26)11-27-16-4-6-22(36-2)30-23(14)16/h3-6,11,18-19,33H,7-10,12-13H2,1-2H3,(H,28,29,34)/t18-,19+/m1/s1. The molecule has 2 aliphatic rings. The zero-order valence-corrected chi connectivity index (χ0v) is 21.3. The molecule has 2 aliphatic heterocycles. The van der Waals surface area contributed by atoms with Crippen molar-refractivity contribution in [3.8, 4) is 5.88 Å². The second-order valence-electron chi connectivity index (χ2n) is 9.08. The zero-order valence-electron chi connectivity index (χ0n) is 20.5. The summed E-state index contributed by atoms with van der Waals surface area (Å²) in [6.45, 7) is 1.49. The Balaban J connectivity index is 1.23. The van der Waals surface area contributed by atoms with Crippen LogP contribution in [0.3, 0.4) is 0 Å². The van der Waals surface area contributed by atoms with Gasteiger partial charge >= 0.3 is 0 Å². The molecule has 37 heavy (non-hydrogen) atoms. The molecule has 1 saturated heterocycles. The van der Waals surface area contributed by atoms with Gasteiger partial charge in [0.2, 0.25) is 11.8 Å². The Hall–Kier alpha value is -3.35. The van der Waals surface area contributed by atoms with Crippen molar-refractivity contribution < 1.29 is 23.8 Å². The number of fused-ring (bicyclic) bond motifs is 2. The van der Waals surface area contributed by atoms with Gasteiger partial charge in [0.05, 0.1) is 47.1 Å². The number of rotatable bonds is 6. The SMILES string of the molecule is COc1ccc2ncc(F)c(CCN3CC[C@@H](N(C)C(=O)c4ccc5c(n4)NC(=O)CS5)[C@@H](O)C3)c2n1. The highest BCUT2D eigenvalue weighted by atomic mass is 32.2. The summed E-state index contributed by atoms with van der Waals surface area (Å²) in [4.78, 5) is 42.0. The number of piperidine rings is 1. The Morgan fingerprint density at radius 1 is 1.32 bits per heavy atom. The van der Waals surface area contributed by atoms with E-state index < -0.39 is 18.0 Å². The molecule has 12 heteroatoms. The molecule has 0 aliphatic carbocycles. The summed E-state index contributed by atoms with van der Waals surface area (Å²) in [7, 11) is 3.16. The fourth-order valence-electron chi connectivity index (χ4n) is 4.75. The number of halogens is 1. The fraction of sp³-hybridized carbons (Fsp3) is 0.400. The van der Waals surface area contributed by atoms with Gasteiger partial charge in [-0.2, -0.15) is 0 Å². The molecular weight excluding hydrogens is 499 g/mol. The van der Waals surface area contributed by atoms with E-state index in [0.29, 0.717) is 66.5 Å². The number of hydrogen-bond donors (Lipinski definition) is 2. The molecule has 3 aromatic rings. The number of methoxy groups -OCH3 is 1. The van der Waals surface area contributed by atoms with Crippen LogP contribution in [-0.4, -0.2) is 93.4 Å². The molecule has 3 aromatic heterocycles. The lowest BCUT2D eigenvalue weighted by atomic mass is 9.99. The lowest BCUT2D eigenvalue weighted by Crippen LogP contribution is -2.54. The number of nitrogens with one attached hydrogen (secondary N) is 1. The minimum Gasteiger partial charge on any atom is -0.481 e. The van der Waals surface area contributed by atoms with Crippen LogP contribution < -0.4 is 10.1 Å². The number of carbonyl (C=O) groups excluding carboxylic acids is 2. The minimum atomic E-state index is -0.784.